The Morgan fingerprint density at radius 1 is 1.19 bits per heavy atom. The second kappa shape index (κ2) is 6.51. The number of nitrogens with two attached hydrogens (primary N) is 1. The van der Waals surface area contributed by atoms with Gasteiger partial charge in [0.25, 0.3) is 11.8 Å². The van der Waals surface area contributed by atoms with Gasteiger partial charge in [-0.2, -0.15) is 5.10 Å². The summed E-state index contributed by atoms with van der Waals surface area (Å²) in [7, 11) is 0. The van der Waals surface area contributed by atoms with Gasteiger partial charge in [-0.05, 0) is 31.0 Å². The molecule has 9 heteroatoms. The Bertz CT molecular complexity index is 919. The highest BCUT2D eigenvalue weighted by Gasteiger charge is 2.28. The molecule has 4 rings (SSSR count). The molecule has 1 saturated heterocycles. The molecule has 0 spiro atoms. The zero-order valence-electron chi connectivity index (χ0n) is 13.8. The van der Waals surface area contributed by atoms with Crippen LogP contribution in [0.15, 0.2) is 39.5 Å². The van der Waals surface area contributed by atoms with E-state index >= 15 is 0 Å². The zero-order chi connectivity index (χ0) is 18.1. The molecule has 0 bridgehead atoms. The predicted octanol–water partition coefficient (Wildman–Crippen LogP) is 1.78. The summed E-state index contributed by atoms with van der Waals surface area (Å²) in [6.45, 7) is 1.16. The van der Waals surface area contributed by atoms with Crippen LogP contribution >= 0.6 is 0 Å². The number of piperidine rings is 1. The molecule has 26 heavy (non-hydrogen) atoms. The molecule has 9 nitrogen and oxygen atoms in total. The van der Waals surface area contributed by atoms with E-state index in [9.17, 15) is 9.59 Å². The Labute approximate surface area is 148 Å². The molecule has 4 heterocycles. The van der Waals surface area contributed by atoms with Crippen LogP contribution in [0.25, 0.3) is 11.5 Å². The number of carbonyl (C=O) groups excluding carboxylic acids is 2. The van der Waals surface area contributed by atoms with Gasteiger partial charge in [-0.15, -0.1) is 0 Å². The van der Waals surface area contributed by atoms with Gasteiger partial charge in [0, 0.05) is 30.8 Å². The number of nitrogens with one attached hydrogen (secondary N) is 1. The smallest absolute Gasteiger partial charge is 0.276 e. The van der Waals surface area contributed by atoms with Gasteiger partial charge < -0.3 is 19.6 Å². The molecule has 0 aliphatic carbocycles. The van der Waals surface area contributed by atoms with E-state index in [2.05, 4.69) is 15.4 Å². The van der Waals surface area contributed by atoms with E-state index in [0.29, 0.717) is 24.6 Å². The summed E-state index contributed by atoms with van der Waals surface area (Å²) >= 11 is 0. The van der Waals surface area contributed by atoms with Crippen molar-refractivity contribution in [2.75, 3.05) is 13.1 Å². The molecule has 0 unspecified atom stereocenters. The molecule has 134 valence electrons. The fourth-order valence-corrected chi connectivity index (χ4v) is 3.14. The molecule has 0 aromatic carbocycles. The Morgan fingerprint density at radius 3 is 2.65 bits per heavy atom. The van der Waals surface area contributed by atoms with E-state index in [1.807, 2.05) is 0 Å². The lowest BCUT2D eigenvalue weighted by Crippen LogP contribution is -2.38. The molecule has 1 aliphatic heterocycles. The minimum atomic E-state index is -0.557. The minimum absolute atomic E-state index is 0.174. The summed E-state index contributed by atoms with van der Waals surface area (Å²) < 4.78 is 10.4. The molecular formula is C17H17N5O4. The molecule has 0 radical (unpaired) electrons. The van der Waals surface area contributed by atoms with E-state index in [1.54, 1.807) is 29.2 Å². The number of hydrogen-bond acceptors (Lipinski definition) is 6. The van der Waals surface area contributed by atoms with Gasteiger partial charge in [0.1, 0.15) is 5.69 Å². The fourth-order valence-electron chi connectivity index (χ4n) is 3.14. The van der Waals surface area contributed by atoms with E-state index in [-0.39, 0.29) is 23.2 Å². The minimum Gasteiger partial charge on any atom is -0.461 e. The second-order valence-electron chi connectivity index (χ2n) is 6.19. The monoisotopic (exact) mass is 355 g/mol. The SMILES string of the molecule is NC(=O)c1cc(C2CCN(C(=O)c3cc(-c4ccco4)on3)CC2)[nH]n1. The maximum absolute atomic E-state index is 12.6. The van der Waals surface area contributed by atoms with Crippen molar-refractivity contribution < 1.29 is 18.5 Å². The molecular weight excluding hydrogens is 338 g/mol. The third-order valence-electron chi connectivity index (χ3n) is 4.57. The second-order valence-corrected chi connectivity index (χ2v) is 6.19. The van der Waals surface area contributed by atoms with Crippen LogP contribution in [-0.2, 0) is 0 Å². The number of primary amides is 1. The molecule has 0 saturated carbocycles. The largest absolute Gasteiger partial charge is 0.461 e. The first kappa shape index (κ1) is 16.1. The molecule has 3 aromatic heterocycles. The Morgan fingerprint density at radius 2 is 2.00 bits per heavy atom. The van der Waals surface area contributed by atoms with Gasteiger partial charge in [0.15, 0.2) is 11.5 Å². The van der Waals surface area contributed by atoms with Crippen molar-refractivity contribution in [2.24, 2.45) is 5.73 Å². The lowest BCUT2D eigenvalue weighted by molar-refractivity contribution is 0.0701. The van der Waals surface area contributed by atoms with Crippen molar-refractivity contribution in [3.05, 3.63) is 47.6 Å². The summed E-state index contributed by atoms with van der Waals surface area (Å²) in [6, 6.07) is 6.74. The molecule has 3 N–H and O–H groups in total. The van der Waals surface area contributed by atoms with Crippen LogP contribution in [0.2, 0.25) is 0 Å². The van der Waals surface area contributed by atoms with Crippen LogP contribution in [0.1, 0.15) is 45.4 Å². The fraction of sp³-hybridized carbons (Fsp3) is 0.294. The maximum atomic E-state index is 12.6. The lowest BCUT2D eigenvalue weighted by Gasteiger charge is -2.30. The van der Waals surface area contributed by atoms with Crippen LogP contribution in [0.3, 0.4) is 0 Å². The van der Waals surface area contributed by atoms with E-state index in [1.165, 1.54) is 6.26 Å². The number of amides is 2. The molecule has 0 atom stereocenters. The molecule has 1 fully saturated rings. The quantitative estimate of drug-likeness (QED) is 0.733. The highest BCUT2D eigenvalue weighted by molar-refractivity contribution is 5.93. The van der Waals surface area contributed by atoms with Gasteiger partial charge in [-0.1, -0.05) is 5.16 Å². The lowest BCUT2D eigenvalue weighted by atomic mass is 9.93. The summed E-state index contributed by atoms with van der Waals surface area (Å²) in [6.07, 6.45) is 3.05. The van der Waals surface area contributed by atoms with Crippen molar-refractivity contribution >= 4 is 11.8 Å². The number of aromatic amines is 1. The predicted molar refractivity (Wildman–Crippen MR) is 89.2 cm³/mol. The van der Waals surface area contributed by atoms with Gasteiger partial charge >= 0.3 is 0 Å². The standard InChI is InChI=1S/C17H17N5O4/c18-16(23)12-8-11(19-20-12)10-3-5-22(6-4-10)17(24)13-9-15(26-21-13)14-2-1-7-25-14/h1-2,7-10H,3-6H2,(H2,18,23)(H,19,20). The number of rotatable bonds is 4. The Balaban J connectivity index is 1.39. The van der Waals surface area contributed by atoms with Gasteiger partial charge in [-0.25, -0.2) is 0 Å². The average molecular weight is 355 g/mol. The van der Waals surface area contributed by atoms with Crippen LogP contribution < -0.4 is 5.73 Å². The summed E-state index contributed by atoms with van der Waals surface area (Å²) in [5.41, 5.74) is 6.58. The van der Waals surface area contributed by atoms with Crippen LogP contribution in [0.5, 0.6) is 0 Å². The highest BCUT2D eigenvalue weighted by Crippen LogP contribution is 2.28. The third kappa shape index (κ3) is 2.99. The molecule has 2 amide bonds. The first-order valence-corrected chi connectivity index (χ1v) is 8.27. The first-order chi connectivity index (χ1) is 12.6. The van der Waals surface area contributed by atoms with Crippen molar-refractivity contribution in [3.63, 3.8) is 0 Å². The normalized spacial score (nSPS) is 15.3. The zero-order valence-corrected chi connectivity index (χ0v) is 13.8. The van der Waals surface area contributed by atoms with Crippen LogP contribution in [-0.4, -0.2) is 45.2 Å². The van der Waals surface area contributed by atoms with E-state index < -0.39 is 5.91 Å². The number of H-pyrrole nitrogens is 1. The number of aromatic nitrogens is 3. The van der Waals surface area contributed by atoms with Gasteiger partial charge in [0.2, 0.25) is 5.76 Å². The van der Waals surface area contributed by atoms with E-state index in [4.69, 9.17) is 14.7 Å². The number of hydrogen-bond donors (Lipinski definition) is 2. The van der Waals surface area contributed by atoms with Crippen molar-refractivity contribution in [1.29, 1.82) is 0 Å². The number of furan rings is 1. The van der Waals surface area contributed by atoms with Crippen molar-refractivity contribution in [1.82, 2.24) is 20.3 Å². The highest BCUT2D eigenvalue weighted by atomic mass is 16.5. The number of nitrogens with zero attached hydrogens (tertiary/aromatic N) is 3. The average Bonchev–Trinajstić information content (AvgIpc) is 3.42. The molecule has 3 aromatic rings. The Hall–Kier alpha value is -3.36. The maximum Gasteiger partial charge on any atom is 0.276 e. The van der Waals surface area contributed by atoms with Crippen molar-refractivity contribution in [2.45, 2.75) is 18.8 Å². The molecule has 1 aliphatic rings. The number of likely N-dealkylation sites (tertiary alicyclic amines) is 1. The topological polar surface area (TPSA) is 131 Å². The number of carbonyl (C=O) groups is 2. The Kier molecular flexibility index (Phi) is 4.04. The van der Waals surface area contributed by atoms with Crippen LogP contribution in [0, 0.1) is 0 Å². The summed E-state index contributed by atoms with van der Waals surface area (Å²) in [4.78, 5) is 25.5. The summed E-state index contributed by atoms with van der Waals surface area (Å²) in [5, 5.41) is 10.6. The van der Waals surface area contributed by atoms with E-state index in [0.717, 1.165) is 18.5 Å². The van der Waals surface area contributed by atoms with Crippen LogP contribution in [0.4, 0.5) is 0 Å². The third-order valence-corrected chi connectivity index (χ3v) is 4.57. The van der Waals surface area contributed by atoms with Crippen molar-refractivity contribution in [3.8, 4) is 11.5 Å². The first-order valence-electron chi connectivity index (χ1n) is 8.27. The summed E-state index contributed by atoms with van der Waals surface area (Å²) in [5.74, 6) is 0.422. The van der Waals surface area contributed by atoms with Gasteiger partial charge in [0.05, 0.1) is 6.26 Å². The van der Waals surface area contributed by atoms with Gasteiger partial charge in [-0.3, -0.25) is 14.7 Å².